The lowest BCUT2D eigenvalue weighted by Crippen LogP contribution is -2.47. The van der Waals surface area contributed by atoms with E-state index in [0.717, 1.165) is 27.8 Å². The number of nitrogens with one attached hydrogen (secondary N) is 1. The van der Waals surface area contributed by atoms with E-state index in [9.17, 15) is 14.0 Å². The molecule has 1 aliphatic heterocycles. The number of hydrogen-bond acceptors (Lipinski definition) is 4. The highest BCUT2D eigenvalue weighted by Gasteiger charge is 2.48. The topological polar surface area (TPSA) is 85.1 Å². The van der Waals surface area contributed by atoms with Gasteiger partial charge in [-0.1, -0.05) is 37.3 Å². The molecule has 2 amide bonds. The van der Waals surface area contributed by atoms with Gasteiger partial charge in [-0.25, -0.2) is 9.07 Å². The van der Waals surface area contributed by atoms with Crippen molar-refractivity contribution in [2.24, 2.45) is 13.0 Å². The van der Waals surface area contributed by atoms with Crippen LogP contribution in [0.3, 0.4) is 0 Å². The molecule has 3 heterocycles. The van der Waals surface area contributed by atoms with Gasteiger partial charge >= 0.3 is 0 Å². The Balaban J connectivity index is 1.36. The van der Waals surface area contributed by atoms with E-state index < -0.39 is 12.0 Å². The van der Waals surface area contributed by atoms with Crippen LogP contribution < -0.4 is 10.2 Å². The Bertz CT molecular complexity index is 1680. The summed E-state index contributed by atoms with van der Waals surface area (Å²) in [4.78, 5) is 29.1. The molecule has 3 aromatic carbocycles. The van der Waals surface area contributed by atoms with Gasteiger partial charge < -0.3 is 10.2 Å². The van der Waals surface area contributed by atoms with Crippen LogP contribution in [0.1, 0.15) is 29.4 Å². The van der Waals surface area contributed by atoms with Crippen LogP contribution in [-0.4, -0.2) is 43.5 Å². The van der Waals surface area contributed by atoms with Crippen molar-refractivity contribution in [3.8, 4) is 5.69 Å². The highest BCUT2D eigenvalue weighted by Crippen LogP contribution is 2.36. The highest BCUT2D eigenvalue weighted by molar-refractivity contribution is 6.02. The zero-order chi connectivity index (χ0) is 27.8. The summed E-state index contributed by atoms with van der Waals surface area (Å²) in [6.07, 6.45) is 4.62. The molecule has 1 fully saturated rings. The number of fused-ring (bicyclic) bond motifs is 1. The van der Waals surface area contributed by atoms with Crippen molar-refractivity contribution < 1.29 is 14.0 Å². The lowest BCUT2D eigenvalue weighted by molar-refractivity contribution is -0.120. The van der Waals surface area contributed by atoms with E-state index in [1.54, 1.807) is 47.0 Å². The van der Waals surface area contributed by atoms with Crippen molar-refractivity contribution in [1.82, 2.24) is 24.9 Å². The third-order valence-corrected chi connectivity index (χ3v) is 7.60. The predicted molar refractivity (Wildman–Crippen MR) is 151 cm³/mol. The third kappa shape index (κ3) is 4.64. The molecular formula is C31H29FN6O2. The molecule has 0 spiro atoms. The van der Waals surface area contributed by atoms with Gasteiger partial charge in [0.1, 0.15) is 11.5 Å². The van der Waals surface area contributed by atoms with Crippen molar-refractivity contribution in [3.63, 3.8) is 0 Å². The minimum absolute atomic E-state index is 0.0349. The third-order valence-electron chi connectivity index (χ3n) is 7.60. The van der Waals surface area contributed by atoms with Crippen LogP contribution >= 0.6 is 0 Å². The van der Waals surface area contributed by atoms with Gasteiger partial charge in [-0.05, 0) is 66.9 Å². The number of halogens is 1. The van der Waals surface area contributed by atoms with Crippen molar-refractivity contribution in [2.45, 2.75) is 31.8 Å². The maximum Gasteiger partial charge on any atom is 0.272 e. The Hall–Kier alpha value is -4.79. The van der Waals surface area contributed by atoms with Gasteiger partial charge in [0.25, 0.3) is 5.91 Å². The Morgan fingerprint density at radius 1 is 1.00 bits per heavy atom. The number of rotatable bonds is 7. The SMILES string of the molecule is CCC1[C@@H](NC(=O)c2ccn(C)n2)C(Cc2ccccc2)C(=O)N1c1ccc2c(cnn2-c2ccc(F)cc2)c1. The summed E-state index contributed by atoms with van der Waals surface area (Å²) in [6.45, 7) is 2.03. The van der Waals surface area contributed by atoms with E-state index in [0.29, 0.717) is 18.5 Å². The number of carbonyl (C=O) groups is 2. The number of benzene rings is 3. The Kier molecular flexibility index (Phi) is 6.63. The summed E-state index contributed by atoms with van der Waals surface area (Å²) >= 11 is 0. The molecule has 0 saturated carbocycles. The van der Waals surface area contributed by atoms with E-state index in [4.69, 9.17) is 0 Å². The maximum atomic E-state index is 14.1. The van der Waals surface area contributed by atoms with Crippen molar-refractivity contribution >= 4 is 28.4 Å². The molecule has 0 bridgehead atoms. The van der Waals surface area contributed by atoms with Gasteiger partial charge in [0.15, 0.2) is 0 Å². The van der Waals surface area contributed by atoms with Gasteiger partial charge in [-0.3, -0.25) is 14.3 Å². The van der Waals surface area contributed by atoms with Gasteiger partial charge in [0, 0.05) is 24.3 Å². The summed E-state index contributed by atoms with van der Waals surface area (Å²) in [5.41, 5.74) is 3.68. The molecule has 1 N–H and O–H groups in total. The molecule has 1 saturated heterocycles. The lowest BCUT2D eigenvalue weighted by Gasteiger charge is -2.28. The lowest BCUT2D eigenvalue weighted by atomic mass is 9.90. The summed E-state index contributed by atoms with van der Waals surface area (Å²) in [6, 6.07) is 22.8. The van der Waals surface area contributed by atoms with Gasteiger partial charge in [-0.15, -0.1) is 0 Å². The molecule has 0 radical (unpaired) electrons. The number of carbonyl (C=O) groups excluding carboxylic acids is 2. The summed E-state index contributed by atoms with van der Waals surface area (Å²) in [5, 5.41) is 12.8. The first-order chi connectivity index (χ1) is 19.4. The monoisotopic (exact) mass is 536 g/mol. The molecule has 9 heteroatoms. The fraction of sp³-hybridized carbons (Fsp3) is 0.226. The zero-order valence-corrected chi connectivity index (χ0v) is 22.2. The van der Waals surface area contributed by atoms with Crippen LogP contribution in [0.4, 0.5) is 10.1 Å². The van der Waals surface area contributed by atoms with Crippen LogP contribution in [0, 0.1) is 11.7 Å². The minimum Gasteiger partial charge on any atom is -0.345 e. The predicted octanol–water partition coefficient (Wildman–Crippen LogP) is 4.68. The standard InChI is InChI=1S/C31H29FN6O2/c1-3-27-29(34-30(39)26-15-16-36(2)35-26)25(17-20-7-5-4-6-8-20)31(40)37(27)24-13-14-28-21(18-24)19-33-38(28)23-11-9-22(32)10-12-23/h4-16,18-19,25,27,29H,3,17H2,1-2H3,(H,34,39)/t25?,27?,29-/m0/s1. The molecule has 1 aliphatic rings. The quantitative estimate of drug-likeness (QED) is 0.327. The van der Waals surface area contributed by atoms with E-state index in [1.165, 1.54) is 12.1 Å². The molecule has 40 heavy (non-hydrogen) atoms. The zero-order valence-electron chi connectivity index (χ0n) is 22.2. The second kappa shape index (κ2) is 10.4. The number of aromatic nitrogens is 4. The summed E-state index contributed by atoms with van der Waals surface area (Å²) in [7, 11) is 1.76. The van der Waals surface area contributed by atoms with Crippen molar-refractivity contribution in [1.29, 1.82) is 0 Å². The average Bonchev–Trinajstić information content (AvgIpc) is 3.66. The fourth-order valence-electron chi connectivity index (χ4n) is 5.68. The Morgan fingerprint density at radius 2 is 1.75 bits per heavy atom. The second-order valence-electron chi connectivity index (χ2n) is 10.1. The molecule has 2 aromatic heterocycles. The first-order valence-electron chi connectivity index (χ1n) is 13.3. The molecule has 2 unspecified atom stereocenters. The van der Waals surface area contributed by atoms with Gasteiger partial charge in [-0.2, -0.15) is 10.2 Å². The highest BCUT2D eigenvalue weighted by atomic mass is 19.1. The molecule has 0 aliphatic carbocycles. The molecule has 8 nitrogen and oxygen atoms in total. The number of anilines is 1. The van der Waals surface area contributed by atoms with Crippen molar-refractivity contribution in [2.75, 3.05) is 4.90 Å². The van der Waals surface area contributed by atoms with Crippen LogP contribution in [0.15, 0.2) is 91.3 Å². The van der Waals surface area contributed by atoms with E-state index in [1.807, 2.05) is 60.4 Å². The van der Waals surface area contributed by atoms with Crippen LogP contribution in [-0.2, 0) is 18.3 Å². The maximum absolute atomic E-state index is 14.1. The summed E-state index contributed by atoms with van der Waals surface area (Å²) < 4.78 is 16.8. The molecule has 3 atom stereocenters. The first-order valence-corrected chi connectivity index (χ1v) is 13.3. The van der Waals surface area contributed by atoms with Crippen molar-refractivity contribution in [3.05, 3.63) is 108 Å². The summed E-state index contributed by atoms with van der Waals surface area (Å²) in [5.74, 6) is -1.09. The molecule has 202 valence electrons. The number of nitrogens with zero attached hydrogens (tertiary/aromatic N) is 5. The Labute approximate surface area is 231 Å². The number of aryl methyl sites for hydroxylation is 1. The first kappa shape index (κ1) is 25.5. The van der Waals surface area contributed by atoms with Crippen LogP contribution in [0.25, 0.3) is 16.6 Å². The normalized spacial score (nSPS) is 18.9. The average molecular weight is 537 g/mol. The minimum atomic E-state index is -0.447. The van der Waals surface area contributed by atoms with Gasteiger partial charge in [0.2, 0.25) is 5.91 Å². The largest absolute Gasteiger partial charge is 0.345 e. The van der Waals surface area contributed by atoms with Crippen LogP contribution in [0.5, 0.6) is 0 Å². The van der Waals surface area contributed by atoms with E-state index in [-0.39, 0.29) is 23.7 Å². The van der Waals surface area contributed by atoms with Gasteiger partial charge in [0.05, 0.1) is 35.4 Å². The number of amides is 2. The molecule has 6 rings (SSSR count). The fourth-order valence-corrected chi connectivity index (χ4v) is 5.68. The van der Waals surface area contributed by atoms with E-state index in [2.05, 4.69) is 15.5 Å². The van der Waals surface area contributed by atoms with E-state index >= 15 is 0 Å². The Morgan fingerprint density at radius 3 is 2.45 bits per heavy atom. The smallest absolute Gasteiger partial charge is 0.272 e. The molecular weight excluding hydrogens is 507 g/mol. The molecule has 5 aromatic rings. The number of hydrogen-bond donors (Lipinski definition) is 1. The second-order valence-corrected chi connectivity index (χ2v) is 10.1. The van der Waals surface area contributed by atoms with Crippen LogP contribution in [0.2, 0.25) is 0 Å².